The van der Waals surface area contributed by atoms with E-state index in [1.165, 1.54) is 4.88 Å². The van der Waals surface area contributed by atoms with Gasteiger partial charge in [-0.3, -0.25) is 0 Å². The molecule has 0 saturated carbocycles. The van der Waals surface area contributed by atoms with Crippen LogP contribution < -0.4 is 5.32 Å². The molecule has 2 heterocycles. The quantitative estimate of drug-likeness (QED) is 0.883. The van der Waals surface area contributed by atoms with E-state index in [-0.39, 0.29) is 0 Å². The molecule has 0 spiro atoms. The third-order valence-electron chi connectivity index (χ3n) is 2.23. The molecule has 0 unspecified atom stereocenters. The fraction of sp³-hybridized carbons (Fsp3) is 0.364. The first-order chi connectivity index (χ1) is 7.25. The summed E-state index contributed by atoms with van der Waals surface area (Å²) in [6.45, 7) is 5.07. The van der Waals surface area contributed by atoms with Crippen molar-refractivity contribution >= 4 is 22.7 Å². The molecule has 2 aromatic heterocycles. The van der Waals surface area contributed by atoms with Crippen LogP contribution in [0.4, 0.5) is 0 Å². The molecule has 0 saturated heterocycles. The van der Waals surface area contributed by atoms with E-state index >= 15 is 0 Å². The van der Waals surface area contributed by atoms with Crippen molar-refractivity contribution in [3.05, 3.63) is 38.5 Å². The minimum absolute atomic E-state index is 0.409. The van der Waals surface area contributed by atoms with Gasteiger partial charge in [-0.05, 0) is 25.3 Å². The molecule has 0 aliphatic carbocycles. The van der Waals surface area contributed by atoms with Gasteiger partial charge in [0.15, 0.2) is 0 Å². The van der Waals surface area contributed by atoms with E-state index in [2.05, 4.69) is 40.1 Å². The highest BCUT2D eigenvalue weighted by Gasteiger charge is 2.06. The Labute approximate surface area is 98.0 Å². The standard InChI is InChI=1S/C11H14N2S2/c1-8(11-4-3-5-14-11)12-6-10-7-15-9(2)13-10/h3-5,7-8,12H,6H2,1-2H3/t8-/m0/s1. The number of nitrogens with zero attached hydrogens (tertiary/aromatic N) is 1. The molecule has 0 fully saturated rings. The third kappa shape index (κ3) is 2.87. The minimum Gasteiger partial charge on any atom is -0.304 e. The summed E-state index contributed by atoms with van der Waals surface area (Å²) in [4.78, 5) is 5.80. The molecule has 15 heavy (non-hydrogen) atoms. The van der Waals surface area contributed by atoms with E-state index < -0.39 is 0 Å². The maximum absolute atomic E-state index is 4.42. The summed E-state index contributed by atoms with van der Waals surface area (Å²) in [5, 5.41) is 8.83. The van der Waals surface area contributed by atoms with Gasteiger partial charge in [-0.1, -0.05) is 6.07 Å². The molecule has 0 aliphatic heterocycles. The van der Waals surface area contributed by atoms with E-state index in [0.29, 0.717) is 6.04 Å². The Morgan fingerprint density at radius 2 is 2.33 bits per heavy atom. The van der Waals surface area contributed by atoms with E-state index in [0.717, 1.165) is 17.2 Å². The summed E-state index contributed by atoms with van der Waals surface area (Å²) in [5.74, 6) is 0. The fourth-order valence-corrected chi connectivity index (χ4v) is 2.76. The molecule has 0 aromatic carbocycles. The zero-order valence-electron chi connectivity index (χ0n) is 8.86. The topological polar surface area (TPSA) is 24.9 Å². The first kappa shape index (κ1) is 10.8. The monoisotopic (exact) mass is 238 g/mol. The lowest BCUT2D eigenvalue weighted by Gasteiger charge is -2.10. The van der Waals surface area contributed by atoms with Crippen LogP contribution in [0.3, 0.4) is 0 Å². The van der Waals surface area contributed by atoms with Crippen molar-refractivity contribution in [2.75, 3.05) is 0 Å². The number of nitrogens with one attached hydrogen (secondary N) is 1. The van der Waals surface area contributed by atoms with Crippen LogP contribution in [0.2, 0.25) is 0 Å². The number of thiophene rings is 1. The Morgan fingerprint density at radius 3 is 2.93 bits per heavy atom. The van der Waals surface area contributed by atoms with Crippen molar-refractivity contribution in [1.82, 2.24) is 10.3 Å². The molecule has 2 rings (SSSR count). The maximum atomic E-state index is 4.42. The van der Waals surface area contributed by atoms with Gasteiger partial charge in [0.2, 0.25) is 0 Å². The molecule has 0 aliphatic rings. The Bertz CT molecular complexity index is 406. The van der Waals surface area contributed by atoms with E-state index in [9.17, 15) is 0 Å². The summed E-state index contributed by atoms with van der Waals surface area (Å²) in [5.41, 5.74) is 1.14. The summed E-state index contributed by atoms with van der Waals surface area (Å²) in [7, 11) is 0. The summed E-state index contributed by atoms with van der Waals surface area (Å²) in [6.07, 6.45) is 0. The molecule has 80 valence electrons. The Hall–Kier alpha value is -0.710. The van der Waals surface area contributed by atoms with Crippen molar-refractivity contribution in [3.63, 3.8) is 0 Å². The largest absolute Gasteiger partial charge is 0.304 e. The molecule has 1 N–H and O–H groups in total. The minimum atomic E-state index is 0.409. The molecular weight excluding hydrogens is 224 g/mol. The van der Waals surface area contributed by atoms with Crippen molar-refractivity contribution in [2.45, 2.75) is 26.4 Å². The predicted molar refractivity (Wildman–Crippen MR) is 66.4 cm³/mol. The molecule has 2 aromatic rings. The van der Waals surface area contributed by atoms with Crippen molar-refractivity contribution < 1.29 is 0 Å². The first-order valence-corrected chi connectivity index (χ1v) is 6.69. The van der Waals surface area contributed by atoms with Crippen LogP contribution in [-0.2, 0) is 6.54 Å². The zero-order chi connectivity index (χ0) is 10.7. The van der Waals surface area contributed by atoms with Crippen molar-refractivity contribution in [1.29, 1.82) is 0 Å². The summed E-state index contributed by atoms with van der Waals surface area (Å²) in [6, 6.07) is 4.66. The van der Waals surface area contributed by atoms with Crippen LogP contribution >= 0.6 is 22.7 Å². The van der Waals surface area contributed by atoms with Gasteiger partial charge in [0.05, 0.1) is 10.7 Å². The number of aromatic nitrogens is 1. The number of hydrogen-bond acceptors (Lipinski definition) is 4. The second kappa shape index (κ2) is 4.88. The highest BCUT2D eigenvalue weighted by Crippen LogP contribution is 2.18. The van der Waals surface area contributed by atoms with Gasteiger partial charge in [0.25, 0.3) is 0 Å². The normalized spacial score (nSPS) is 12.9. The summed E-state index contributed by atoms with van der Waals surface area (Å²) < 4.78 is 0. The van der Waals surface area contributed by atoms with Gasteiger partial charge >= 0.3 is 0 Å². The number of aryl methyl sites for hydroxylation is 1. The van der Waals surface area contributed by atoms with Gasteiger partial charge < -0.3 is 5.32 Å². The Balaban J connectivity index is 1.88. The van der Waals surface area contributed by atoms with Gasteiger partial charge in [-0.25, -0.2) is 4.98 Å². The predicted octanol–water partition coefficient (Wildman–Crippen LogP) is 3.36. The molecular formula is C11H14N2S2. The first-order valence-electron chi connectivity index (χ1n) is 4.93. The van der Waals surface area contributed by atoms with Gasteiger partial charge in [0.1, 0.15) is 0 Å². The highest BCUT2D eigenvalue weighted by atomic mass is 32.1. The SMILES string of the molecule is Cc1nc(CN[C@@H](C)c2cccs2)cs1. The maximum Gasteiger partial charge on any atom is 0.0897 e. The van der Waals surface area contributed by atoms with Crippen molar-refractivity contribution in [3.8, 4) is 0 Å². The van der Waals surface area contributed by atoms with Crippen LogP contribution in [0.25, 0.3) is 0 Å². The van der Waals surface area contributed by atoms with E-state index in [1.54, 1.807) is 22.7 Å². The second-order valence-corrected chi connectivity index (χ2v) is 5.52. The van der Waals surface area contributed by atoms with Crippen LogP contribution in [0, 0.1) is 6.92 Å². The zero-order valence-corrected chi connectivity index (χ0v) is 10.5. The number of hydrogen-bond donors (Lipinski definition) is 1. The number of rotatable bonds is 4. The molecule has 2 nitrogen and oxygen atoms in total. The Morgan fingerprint density at radius 1 is 1.47 bits per heavy atom. The second-order valence-electron chi connectivity index (χ2n) is 3.48. The lowest BCUT2D eigenvalue weighted by Crippen LogP contribution is -2.17. The van der Waals surface area contributed by atoms with Gasteiger partial charge in [0, 0.05) is 22.8 Å². The lowest BCUT2D eigenvalue weighted by molar-refractivity contribution is 0.576. The van der Waals surface area contributed by atoms with Crippen LogP contribution in [0.5, 0.6) is 0 Å². The average molecular weight is 238 g/mol. The highest BCUT2D eigenvalue weighted by molar-refractivity contribution is 7.10. The Kier molecular flexibility index (Phi) is 3.51. The third-order valence-corrected chi connectivity index (χ3v) is 4.10. The average Bonchev–Trinajstić information content (AvgIpc) is 2.84. The number of thiazole rings is 1. The van der Waals surface area contributed by atoms with Crippen molar-refractivity contribution in [2.24, 2.45) is 0 Å². The molecule has 0 bridgehead atoms. The van der Waals surface area contributed by atoms with Gasteiger partial charge in [-0.2, -0.15) is 0 Å². The lowest BCUT2D eigenvalue weighted by atomic mass is 10.2. The van der Waals surface area contributed by atoms with E-state index in [1.807, 2.05) is 6.92 Å². The van der Waals surface area contributed by atoms with Crippen LogP contribution in [0.15, 0.2) is 22.9 Å². The van der Waals surface area contributed by atoms with Crippen LogP contribution in [-0.4, -0.2) is 4.98 Å². The molecule has 0 radical (unpaired) electrons. The van der Waals surface area contributed by atoms with Gasteiger partial charge in [-0.15, -0.1) is 22.7 Å². The van der Waals surface area contributed by atoms with Crippen LogP contribution in [0.1, 0.15) is 28.5 Å². The molecule has 4 heteroatoms. The smallest absolute Gasteiger partial charge is 0.0897 e. The summed E-state index contributed by atoms with van der Waals surface area (Å²) >= 11 is 3.50. The molecule has 1 atom stereocenters. The fourth-order valence-electron chi connectivity index (χ4n) is 1.39. The van der Waals surface area contributed by atoms with E-state index in [4.69, 9.17) is 0 Å². The molecule has 0 amide bonds.